The maximum Gasteiger partial charge on any atom is 0.227 e. The summed E-state index contributed by atoms with van der Waals surface area (Å²) >= 11 is 0. The number of hydrogen-bond acceptors (Lipinski definition) is 5. The van der Waals surface area contributed by atoms with E-state index in [4.69, 9.17) is 4.52 Å². The number of pyridine rings is 1. The molecule has 2 heterocycles. The summed E-state index contributed by atoms with van der Waals surface area (Å²) in [5.41, 5.74) is 1.91. The van der Waals surface area contributed by atoms with Crippen LogP contribution in [0.1, 0.15) is 30.8 Å². The fourth-order valence-corrected chi connectivity index (χ4v) is 2.33. The highest BCUT2D eigenvalue weighted by Gasteiger charge is 2.12. The number of benzene rings is 1. The number of nitrogens with zero attached hydrogens (tertiary/aromatic N) is 3. The highest BCUT2D eigenvalue weighted by molar-refractivity contribution is 5.76. The minimum absolute atomic E-state index is 0.0336. The van der Waals surface area contributed by atoms with E-state index in [2.05, 4.69) is 20.4 Å². The first-order valence-corrected chi connectivity index (χ1v) is 7.79. The lowest BCUT2D eigenvalue weighted by Crippen LogP contribution is -2.26. The van der Waals surface area contributed by atoms with Crippen LogP contribution in [-0.4, -0.2) is 21.0 Å². The van der Waals surface area contributed by atoms with E-state index in [1.165, 1.54) is 0 Å². The number of nitrogens with one attached hydrogen (secondary N) is 1. The molecule has 3 aromatic rings. The number of carbonyl (C=O) groups excluding carboxylic acids is 1. The molecule has 1 unspecified atom stereocenters. The second kappa shape index (κ2) is 7.50. The Bertz CT molecular complexity index is 787. The first kappa shape index (κ1) is 15.9. The maximum absolute atomic E-state index is 12.1. The van der Waals surface area contributed by atoms with Gasteiger partial charge in [0.05, 0.1) is 6.04 Å². The lowest BCUT2D eigenvalue weighted by Gasteiger charge is -2.13. The minimum atomic E-state index is -0.0463. The van der Waals surface area contributed by atoms with Gasteiger partial charge in [-0.15, -0.1) is 0 Å². The van der Waals surface area contributed by atoms with E-state index in [9.17, 15) is 4.79 Å². The predicted octanol–water partition coefficient (Wildman–Crippen LogP) is 2.94. The molecule has 1 amide bonds. The molecule has 3 rings (SSSR count). The van der Waals surface area contributed by atoms with E-state index in [0.29, 0.717) is 24.6 Å². The summed E-state index contributed by atoms with van der Waals surface area (Å²) in [5, 5.41) is 6.90. The van der Waals surface area contributed by atoms with Gasteiger partial charge in [0.25, 0.3) is 0 Å². The second-order valence-corrected chi connectivity index (χ2v) is 5.45. The number of rotatable bonds is 6. The summed E-state index contributed by atoms with van der Waals surface area (Å²) in [6.45, 7) is 1.96. The van der Waals surface area contributed by atoms with Crippen LogP contribution in [0.5, 0.6) is 0 Å². The Morgan fingerprint density at radius 3 is 2.67 bits per heavy atom. The molecule has 0 aliphatic heterocycles. The van der Waals surface area contributed by atoms with Crippen molar-refractivity contribution in [2.24, 2.45) is 0 Å². The van der Waals surface area contributed by atoms with Crippen molar-refractivity contribution in [1.82, 2.24) is 20.4 Å². The highest BCUT2D eigenvalue weighted by atomic mass is 16.5. The average Bonchev–Trinajstić information content (AvgIpc) is 3.10. The Labute approximate surface area is 139 Å². The molecular weight excluding hydrogens is 304 g/mol. The number of aromatic nitrogens is 3. The van der Waals surface area contributed by atoms with Crippen LogP contribution >= 0.6 is 0 Å². The molecule has 0 saturated heterocycles. The number of carbonyl (C=O) groups is 1. The molecule has 1 atom stereocenters. The zero-order valence-electron chi connectivity index (χ0n) is 13.3. The van der Waals surface area contributed by atoms with Gasteiger partial charge in [-0.2, -0.15) is 4.98 Å². The topological polar surface area (TPSA) is 80.9 Å². The van der Waals surface area contributed by atoms with E-state index in [-0.39, 0.29) is 11.9 Å². The highest BCUT2D eigenvalue weighted by Crippen LogP contribution is 2.15. The van der Waals surface area contributed by atoms with Gasteiger partial charge >= 0.3 is 0 Å². The van der Waals surface area contributed by atoms with E-state index in [0.717, 1.165) is 11.1 Å². The zero-order chi connectivity index (χ0) is 16.8. The minimum Gasteiger partial charge on any atom is -0.350 e. The molecule has 0 fully saturated rings. The molecule has 0 aliphatic carbocycles. The van der Waals surface area contributed by atoms with Crippen LogP contribution in [-0.2, 0) is 11.2 Å². The number of hydrogen-bond donors (Lipinski definition) is 1. The molecular formula is C18H18N4O2. The van der Waals surface area contributed by atoms with Crippen molar-refractivity contribution in [3.63, 3.8) is 0 Å². The number of amides is 1. The van der Waals surface area contributed by atoms with Gasteiger partial charge in [-0.1, -0.05) is 35.5 Å². The molecule has 0 bridgehead atoms. The molecule has 122 valence electrons. The van der Waals surface area contributed by atoms with E-state index in [1.807, 2.05) is 49.4 Å². The fraction of sp³-hybridized carbons (Fsp3) is 0.222. The van der Waals surface area contributed by atoms with Crippen LogP contribution in [0.15, 0.2) is 59.4 Å². The van der Waals surface area contributed by atoms with Crippen LogP contribution in [0.4, 0.5) is 0 Å². The monoisotopic (exact) mass is 322 g/mol. The molecule has 0 spiro atoms. The predicted molar refractivity (Wildman–Crippen MR) is 88.8 cm³/mol. The molecule has 1 N–H and O–H groups in total. The Kier molecular flexibility index (Phi) is 4.96. The van der Waals surface area contributed by atoms with Crippen LogP contribution < -0.4 is 5.32 Å². The molecule has 0 saturated carbocycles. The first-order valence-electron chi connectivity index (χ1n) is 7.79. The van der Waals surface area contributed by atoms with Gasteiger partial charge in [0.2, 0.25) is 17.6 Å². The SMILES string of the molecule is CC(NC(=O)CCc1nc(-c2ccncc2)no1)c1ccccc1. The molecule has 1 aromatic carbocycles. The van der Waals surface area contributed by atoms with Crippen LogP contribution in [0.25, 0.3) is 11.4 Å². The summed E-state index contributed by atoms with van der Waals surface area (Å²) in [6, 6.07) is 13.4. The Hall–Kier alpha value is -3.02. The fourth-order valence-electron chi connectivity index (χ4n) is 2.33. The third kappa shape index (κ3) is 4.04. The third-order valence-electron chi connectivity index (χ3n) is 3.65. The van der Waals surface area contributed by atoms with Crippen molar-refractivity contribution < 1.29 is 9.32 Å². The van der Waals surface area contributed by atoms with Crippen LogP contribution in [0.3, 0.4) is 0 Å². The van der Waals surface area contributed by atoms with Gasteiger partial charge in [0.1, 0.15) is 0 Å². The lowest BCUT2D eigenvalue weighted by molar-refractivity contribution is -0.121. The summed E-state index contributed by atoms with van der Waals surface area (Å²) < 4.78 is 5.20. The van der Waals surface area contributed by atoms with Crippen molar-refractivity contribution in [1.29, 1.82) is 0 Å². The standard InChI is InChI=1S/C18H18N4O2/c1-13(14-5-3-2-4-6-14)20-16(23)7-8-17-21-18(22-24-17)15-9-11-19-12-10-15/h2-6,9-13H,7-8H2,1H3,(H,20,23). The van der Waals surface area contributed by atoms with Gasteiger partial charge < -0.3 is 9.84 Å². The Balaban J connectivity index is 1.53. The Morgan fingerprint density at radius 2 is 1.92 bits per heavy atom. The quantitative estimate of drug-likeness (QED) is 0.754. The summed E-state index contributed by atoms with van der Waals surface area (Å²) in [6.07, 6.45) is 4.05. The molecule has 0 aliphatic rings. The summed E-state index contributed by atoms with van der Waals surface area (Å²) in [5.74, 6) is 0.907. The first-order chi connectivity index (χ1) is 11.7. The van der Waals surface area contributed by atoms with E-state index >= 15 is 0 Å². The van der Waals surface area contributed by atoms with Crippen molar-refractivity contribution in [2.75, 3.05) is 0 Å². The largest absolute Gasteiger partial charge is 0.350 e. The van der Waals surface area contributed by atoms with Gasteiger partial charge in [0.15, 0.2) is 0 Å². The smallest absolute Gasteiger partial charge is 0.227 e. The van der Waals surface area contributed by atoms with Gasteiger partial charge in [0, 0.05) is 30.8 Å². The molecule has 6 nitrogen and oxygen atoms in total. The van der Waals surface area contributed by atoms with Crippen LogP contribution in [0.2, 0.25) is 0 Å². The summed E-state index contributed by atoms with van der Waals surface area (Å²) in [4.78, 5) is 20.3. The van der Waals surface area contributed by atoms with E-state index < -0.39 is 0 Å². The van der Waals surface area contributed by atoms with E-state index in [1.54, 1.807) is 12.4 Å². The molecule has 6 heteroatoms. The van der Waals surface area contributed by atoms with Crippen molar-refractivity contribution >= 4 is 5.91 Å². The Morgan fingerprint density at radius 1 is 1.17 bits per heavy atom. The average molecular weight is 322 g/mol. The van der Waals surface area contributed by atoms with Gasteiger partial charge in [-0.25, -0.2) is 0 Å². The van der Waals surface area contributed by atoms with Crippen molar-refractivity contribution in [3.05, 3.63) is 66.3 Å². The van der Waals surface area contributed by atoms with Crippen LogP contribution in [0, 0.1) is 0 Å². The van der Waals surface area contributed by atoms with Crippen molar-refractivity contribution in [3.8, 4) is 11.4 Å². The molecule has 24 heavy (non-hydrogen) atoms. The van der Waals surface area contributed by atoms with Crippen molar-refractivity contribution in [2.45, 2.75) is 25.8 Å². The summed E-state index contributed by atoms with van der Waals surface area (Å²) in [7, 11) is 0. The maximum atomic E-state index is 12.1. The second-order valence-electron chi connectivity index (χ2n) is 5.45. The van der Waals surface area contributed by atoms with Gasteiger partial charge in [-0.3, -0.25) is 9.78 Å². The molecule has 0 radical (unpaired) electrons. The lowest BCUT2D eigenvalue weighted by atomic mass is 10.1. The third-order valence-corrected chi connectivity index (χ3v) is 3.65. The zero-order valence-corrected chi connectivity index (χ0v) is 13.3. The number of aryl methyl sites for hydroxylation is 1. The van der Waals surface area contributed by atoms with Gasteiger partial charge in [-0.05, 0) is 24.6 Å². The normalized spacial score (nSPS) is 11.9. The molecule has 2 aromatic heterocycles.